The second-order valence-electron chi connectivity index (χ2n) is 8.57. The van der Waals surface area contributed by atoms with Gasteiger partial charge in [-0.2, -0.15) is 0 Å². The molecule has 0 N–H and O–H groups in total. The van der Waals surface area contributed by atoms with E-state index >= 15 is 0 Å². The molecule has 31 heavy (non-hydrogen) atoms. The van der Waals surface area contributed by atoms with Gasteiger partial charge in [-0.05, 0) is 37.5 Å². The number of hydrogen-bond acceptors (Lipinski definition) is 6. The summed E-state index contributed by atoms with van der Waals surface area (Å²) in [6.45, 7) is 2.80. The molecular formula is C23H30N6O2. The second-order valence-corrected chi connectivity index (χ2v) is 8.57. The molecule has 8 heteroatoms. The van der Waals surface area contributed by atoms with E-state index in [1.807, 2.05) is 24.3 Å². The molecule has 2 saturated heterocycles. The maximum absolute atomic E-state index is 13.0. The van der Waals surface area contributed by atoms with Crippen LogP contribution < -0.4 is 4.90 Å². The van der Waals surface area contributed by atoms with Crippen LogP contribution in [0.2, 0.25) is 0 Å². The molecule has 2 amide bonds. The molecule has 0 aliphatic carbocycles. The number of carbonyl (C=O) groups is 2. The largest absolute Gasteiger partial charge is 0.349 e. The monoisotopic (exact) mass is 422 g/mol. The molecule has 2 atom stereocenters. The summed E-state index contributed by atoms with van der Waals surface area (Å²) in [7, 11) is 3.52. The van der Waals surface area contributed by atoms with Crippen molar-refractivity contribution in [1.82, 2.24) is 24.8 Å². The molecule has 2 fully saturated rings. The van der Waals surface area contributed by atoms with Gasteiger partial charge in [0.15, 0.2) is 0 Å². The van der Waals surface area contributed by atoms with Crippen molar-refractivity contribution in [2.75, 3.05) is 45.2 Å². The van der Waals surface area contributed by atoms with Crippen LogP contribution >= 0.6 is 0 Å². The summed E-state index contributed by atoms with van der Waals surface area (Å²) in [5, 5.41) is 0. The standard InChI is InChI=1S/C23H30N6O2/c1-27(2)22(31)19-16-29(21(30)14-17-8-4-5-10-24-17)15-18(19)20-9-11-25-23(26-20)28-12-6-3-7-13-28/h4-5,8-11,18-19H,3,6-7,12-16H2,1-2H3/t18-,19-/m0/s1. The van der Waals surface area contributed by atoms with Crippen LogP contribution in [0.1, 0.15) is 36.6 Å². The van der Waals surface area contributed by atoms with Crippen molar-refractivity contribution < 1.29 is 9.59 Å². The first kappa shape index (κ1) is 21.2. The van der Waals surface area contributed by atoms with Crippen LogP contribution in [0.25, 0.3) is 0 Å². The van der Waals surface area contributed by atoms with E-state index in [1.54, 1.807) is 36.3 Å². The van der Waals surface area contributed by atoms with Gasteiger partial charge in [0.05, 0.1) is 18.0 Å². The number of carbonyl (C=O) groups excluding carboxylic acids is 2. The van der Waals surface area contributed by atoms with Crippen molar-refractivity contribution in [3.63, 3.8) is 0 Å². The predicted molar refractivity (Wildman–Crippen MR) is 118 cm³/mol. The average Bonchev–Trinajstić information content (AvgIpc) is 3.25. The molecule has 2 aliphatic rings. The third-order valence-electron chi connectivity index (χ3n) is 6.17. The van der Waals surface area contributed by atoms with Crippen molar-refractivity contribution in [2.24, 2.45) is 5.92 Å². The summed E-state index contributed by atoms with van der Waals surface area (Å²) in [5.74, 6) is 0.284. The van der Waals surface area contributed by atoms with E-state index in [0.29, 0.717) is 13.1 Å². The Labute approximate surface area is 183 Å². The summed E-state index contributed by atoms with van der Waals surface area (Å²) in [5.41, 5.74) is 1.57. The van der Waals surface area contributed by atoms with Gasteiger partial charge < -0.3 is 14.7 Å². The normalized spacial score (nSPS) is 21.2. The number of piperidine rings is 1. The van der Waals surface area contributed by atoms with Gasteiger partial charge >= 0.3 is 0 Å². The minimum Gasteiger partial charge on any atom is -0.349 e. The van der Waals surface area contributed by atoms with E-state index in [1.165, 1.54) is 6.42 Å². The predicted octanol–water partition coefficient (Wildman–Crippen LogP) is 1.73. The molecule has 0 bridgehead atoms. The fourth-order valence-corrected chi connectivity index (χ4v) is 4.47. The van der Waals surface area contributed by atoms with Crippen LogP contribution in [0.4, 0.5) is 5.95 Å². The molecule has 4 heterocycles. The van der Waals surface area contributed by atoms with Crippen LogP contribution in [0.5, 0.6) is 0 Å². The molecule has 2 aromatic rings. The second kappa shape index (κ2) is 9.41. The minimum atomic E-state index is -0.313. The number of amides is 2. The third kappa shape index (κ3) is 4.84. The molecule has 164 valence electrons. The fourth-order valence-electron chi connectivity index (χ4n) is 4.47. The van der Waals surface area contributed by atoms with Crippen molar-refractivity contribution in [3.8, 4) is 0 Å². The first-order chi connectivity index (χ1) is 15.0. The summed E-state index contributed by atoms with van der Waals surface area (Å²) in [4.78, 5) is 45.1. The number of aromatic nitrogens is 3. The highest BCUT2D eigenvalue weighted by Gasteiger charge is 2.42. The lowest BCUT2D eigenvalue weighted by molar-refractivity contribution is -0.133. The van der Waals surface area contributed by atoms with Gasteiger partial charge in [-0.25, -0.2) is 9.97 Å². The highest BCUT2D eigenvalue weighted by atomic mass is 16.2. The quantitative estimate of drug-likeness (QED) is 0.730. The smallest absolute Gasteiger partial charge is 0.228 e. The van der Waals surface area contributed by atoms with Crippen LogP contribution in [0.15, 0.2) is 36.7 Å². The first-order valence-electron chi connectivity index (χ1n) is 11.0. The highest BCUT2D eigenvalue weighted by Crippen LogP contribution is 2.34. The molecular weight excluding hydrogens is 392 g/mol. The van der Waals surface area contributed by atoms with E-state index in [9.17, 15) is 9.59 Å². The molecule has 4 rings (SSSR count). The Morgan fingerprint density at radius 2 is 1.84 bits per heavy atom. The summed E-state index contributed by atoms with van der Waals surface area (Å²) in [6.07, 6.45) is 7.24. The number of nitrogens with zero attached hydrogens (tertiary/aromatic N) is 6. The van der Waals surface area contributed by atoms with E-state index in [4.69, 9.17) is 4.98 Å². The molecule has 0 unspecified atom stereocenters. The molecule has 0 aromatic carbocycles. The molecule has 2 aliphatic heterocycles. The average molecular weight is 423 g/mol. The molecule has 0 spiro atoms. The van der Waals surface area contributed by atoms with Crippen LogP contribution in [-0.2, 0) is 16.0 Å². The molecule has 0 saturated carbocycles. The zero-order valence-corrected chi connectivity index (χ0v) is 18.3. The van der Waals surface area contributed by atoms with E-state index in [2.05, 4.69) is 14.9 Å². The van der Waals surface area contributed by atoms with Gasteiger partial charge in [-0.15, -0.1) is 0 Å². The van der Waals surface area contributed by atoms with Gasteiger partial charge in [-0.1, -0.05) is 6.07 Å². The zero-order chi connectivity index (χ0) is 21.8. The maximum Gasteiger partial charge on any atom is 0.228 e. The Morgan fingerprint density at radius 3 is 2.55 bits per heavy atom. The minimum absolute atomic E-state index is 0.0110. The molecule has 2 aromatic heterocycles. The third-order valence-corrected chi connectivity index (χ3v) is 6.17. The van der Waals surface area contributed by atoms with Gasteiger partial charge in [0.25, 0.3) is 0 Å². The van der Waals surface area contributed by atoms with E-state index in [-0.39, 0.29) is 30.1 Å². The molecule has 0 radical (unpaired) electrons. The van der Waals surface area contributed by atoms with Crippen molar-refractivity contribution >= 4 is 17.8 Å². The number of hydrogen-bond donors (Lipinski definition) is 0. The highest BCUT2D eigenvalue weighted by molar-refractivity contribution is 5.83. The Hall–Kier alpha value is -3.03. The number of rotatable bonds is 5. The molecule has 8 nitrogen and oxygen atoms in total. The lowest BCUT2D eigenvalue weighted by atomic mass is 9.91. The van der Waals surface area contributed by atoms with Crippen LogP contribution in [0.3, 0.4) is 0 Å². The maximum atomic E-state index is 13.0. The van der Waals surface area contributed by atoms with Gasteiger partial charge in [-0.3, -0.25) is 14.6 Å². The number of pyridine rings is 1. The first-order valence-corrected chi connectivity index (χ1v) is 11.0. The topological polar surface area (TPSA) is 82.5 Å². The summed E-state index contributed by atoms with van der Waals surface area (Å²) < 4.78 is 0. The van der Waals surface area contributed by atoms with Crippen LogP contribution in [-0.4, -0.2) is 76.8 Å². The fraction of sp³-hybridized carbons (Fsp3) is 0.522. The Bertz CT molecular complexity index is 913. The number of anilines is 1. The SMILES string of the molecule is CN(C)C(=O)[C@H]1CN(C(=O)Cc2ccccn2)C[C@@H]1c1ccnc(N2CCCCC2)n1. The Morgan fingerprint density at radius 1 is 1.03 bits per heavy atom. The van der Waals surface area contributed by atoms with Crippen molar-refractivity contribution in [1.29, 1.82) is 0 Å². The van der Waals surface area contributed by atoms with Crippen molar-refractivity contribution in [3.05, 3.63) is 48.0 Å². The van der Waals surface area contributed by atoms with Gasteiger partial charge in [0.2, 0.25) is 17.8 Å². The lowest BCUT2D eigenvalue weighted by Crippen LogP contribution is -2.35. The van der Waals surface area contributed by atoms with Crippen LogP contribution in [0, 0.1) is 5.92 Å². The Balaban J connectivity index is 1.55. The number of likely N-dealkylation sites (tertiary alicyclic amines) is 1. The lowest BCUT2D eigenvalue weighted by Gasteiger charge is -2.27. The summed E-state index contributed by atoms with van der Waals surface area (Å²) in [6, 6.07) is 7.45. The van der Waals surface area contributed by atoms with Gasteiger partial charge in [0.1, 0.15) is 0 Å². The van der Waals surface area contributed by atoms with E-state index in [0.717, 1.165) is 43.3 Å². The summed E-state index contributed by atoms with van der Waals surface area (Å²) >= 11 is 0. The van der Waals surface area contributed by atoms with E-state index < -0.39 is 0 Å². The zero-order valence-electron chi connectivity index (χ0n) is 18.3. The Kier molecular flexibility index (Phi) is 6.44. The van der Waals surface area contributed by atoms with Crippen molar-refractivity contribution in [2.45, 2.75) is 31.6 Å². The van der Waals surface area contributed by atoms with Gasteiger partial charge in [0, 0.05) is 64.3 Å².